The zero-order valence-electron chi connectivity index (χ0n) is 16.3. The Morgan fingerprint density at radius 3 is 2.78 bits per heavy atom. The van der Waals surface area contributed by atoms with E-state index in [2.05, 4.69) is 10.3 Å². The molecular weight excluding hydrogens is 471 g/mol. The summed E-state index contributed by atoms with van der Waals surface area (Å²) in [7, 11) is 0. The van der Waals surface area contributed by atoms with Gasteiger partial charge >= 0.3 is 0 Å². The van der Waals surface area contributed by atoms with Crippen LogP contribution in [0.1, 0.15) is 11.3 Å². The number of nitrogens with one attached hydrogen (secondary N) is 1. The van der Waals surface area contributed by atoms with Crippen LogP contribution >= 0.6 is 35.0 Å². The maximum Gasteiger partial charge on any atom is 0.262 e. The molecule has 1 N–H and O–H groups in total. The second-order valence-electron chi connectivity index (χ2n) is 6.67. The number of furan rings is 1. The molecule has 0 saturated carbocycles. The molecule has 4 aromatic rings. The van der Waals surface area contributed by atoms with E-state index in [0.29, 0.717) is 38.1 Å². The molecule has 10 heteroatoms. The summed E-state index contributed by atoms with van der Waals surface area (Å²) in [6.45, 7) is 0.173. The van der Waals surface area contributed by atoms with E-state index in [0.717, 1.165) is 11.8 Å². The number of thioether (sulfide) groups is 1. The summed E-state index contributed by atoms with van der Waals surface area (Å²) in [6.07, 6.45) is 1.53. The van der Waals surface area contributed by atoms with E-state index in [9.17, 15) is 9.59 Å². The van der Waals surface area contributed by atoms with Crippen molar-refractivity contribution in [3.8, 4) is 6.07 Å². The molecule has 2 heterocycles. The lowest BCUT2D eigenvalue weighted by molar-refractivity contribution is -0.113. The molecule has 1 amide bonds. The van der Waals surface area contributed by atoms with E-state index < -0.39 is 0 Å². The Hall–Kier alpha value is -3.25. The van der Waals surface area contributed by atoms with Crippen LogP contribution in [0.15, 0.2) is 69.2 Å². The smallest absolute Gasteiger partial charge is 0.262 e. The average molecular weight is 485 g/mol. The molecule has 2 aromatic carbocycles. The number of hydrogen-bond acceptors (Lipinski definition) is 6. The topological polar surface area (TPSA) is 101 Å². The van der Waals surface area contributed by atoms with Crippen LogP contribution in [0.4, 0.5) is 5.69 Å². The predicted molar refractivity (Wildman–Crippen MR) is 124 cm³/mol. The fourth-order valence-corrected chi connectivity index (χ4v) is 4.18. The van der Waals surface area contributed by atoms with Gasteiger partial charge in [-0.05, 0) is 48.5 Å². The molecule has 4 rings (SSSR count). The van der Waals surface area contributed by atoms with Crippen LogP contribution in [0.3, 0.4) is 0 Å². The monoisotopic (exact) mass is 484 g/mol. The van der Waals surface area contributed by atoms with Gasteiger partial charge in [-0.3, -0.25) is 14.2 Å². The van der Waals surface area contributed by atoms with E-state index in [1.807, 2.05) is 6.07 Å². The summed E-state index contributed by atoms with van der Waals surface area (Å²) in [5.41, 5.74) is 0.968. The Labute approximate surface area is 196 Å². The molecule has 32 heavy (non-hydrogen) atoms. The second kappa shape index (κ2) is 9.49. The Kier molecular flexibility index (Phi) is 6.51. The molecule has 0 fully saturated rings. The van der Waals surface area contributed by atoms with Gasteiger partial charge in [-0.1, -0.05) is 35.0 Å². The number of benzene rings is 2. The fraction of sp³-hybridized carbons (Fsp3) is 0.0909. The first-order valence-corrected chi connectivity index (χ1v) is 11.0. The molecule has 0 atom stereocenters. The summed E-state index contributed by atoms with van der Waals surface area (Å²) in [5.74, 6) is 0.260. The Morgan fingerprint density at radius 1 is 1.22 bits per heavy atom. The summed E-state index contributed by atoms with van der Waals surface area (Å²) in [5, 5.41) is 13.2. The van der Waals surface area contributed by atoms with Gasteiger partial charge in [0.2, 0.25) is 5.91 Å². The third-order valence-corrected chi connectivity index (χ3v) is 6.01. The standard InChI is InChI=1S/C22H14Cl2N4O3S/c23-14-4-6-17-19(8-14)27-22(28(21(17)30)11-16-2-1-7-31-16)32-12-20(29)26-15-5-3-13(10-25)18(24)9-15/h1-9H,11-12H2,(H,26,29). The van der Waals surface area contributed by atoms with Gasteiger partial charge < -0.3 is 9.73 Å². The average Bonchev–Trinajstić information content (AvgIpc) is 3.28. The molecule has 0 radical (unpaired) electrons. The fourth-order valence-electron chi connectivity index (χ4n) is 2.99. The minimum atomic E-state index is -0.319. The first-order chi connectivity index (χ1) is 15.4. The Balaban J connectivity index is 1.59. The lowest BCUT2D eigenvalue weighted by Gasteiger charge is -2.12. The molecule has 160 valence electrons. The number of nitriles is 1. The van der Waals surface area contributed by atoms with Crippen LogP contribution in [0.25, 0.3) is 10.9 Å². The van der Waals surface area contributed by atoms with E-state index in [4.69, 9.17) is 32.9 Å². The number of aromatic nitrogens is 2. The zero-order valence-corrected chi connectivity index (χ0v) is 18.7. The molecule has 2 aromatic heterocycles. The van der Waals surface area contributed by atoms with Crippen molar-refractivity contribution >= 4 is 57.5 Å². The van der Waals surface area contributed by atoms with E-state index in [1.165, 1.54) is 23.0 Å². The molecule has 0 spiro atoms. The van der Waals surface area contributed by atoms with Crippen molar-refractivity contribution < 1.29 is 9.21 Å². The number of rotatable bonds is 6. The maximum atomic E-state index is 13.1. The summed E-state index contributed by atoms with van der Waals surface area (Å²) in [6, 6.07) is 15.0. The number of carbonyl (C=O) groups excluding carboxylic acids is 1. The van der Waals surface area contributed by atoms with Crippen molar-refractivity contribution in [1.82, 2.24) is 9.55 Å². The minimum absolute atomic E-state index is 0.00567. The highest BCUT2D eigenvalue weighted by molar-refractivity contribution is 7.99. The number of nitrogens with zero attached hydrogens (tertiary/aromatic N) is 3. The minimum Gasteiger partial charge on any atom is -0.467 e. The van der Waals surface area contributed by atoms with Crippen molar-refractivity contribution in [2.24, 2.45) is 0 Å². The lowest BCUT2D eigenvalue weighted by Crippen LogP contribution is -2.24. The molecule has 0 unspecified atom stereocenters. The van der Waals surface area contributed by atoms with Gasteiger partial charge in [-0.2, -0.15) is 5.26 Å². The van der Waals surface area contributed by atoms with Crippen molar-refractivity contribution in [2.75, 3.05) is 11.1 Å². The molecular formula is C22H14Cl2N4O3S. The van der Waals surface area contributed by atoms with Crippen LogP contribution in [0.5, 0.6) is 0 Å². The summed E-state index contributed by atoms with van der Waals surface area (Å²) < 4.78 is 6.84. The number of halogens is 2. The van der Waals surface area contributed by atoms with Crippen molar-refractivity contribution in [3.63, 3.8) is 0 Å². The SMILES string of the molecule is N#Cc1ccc(NC(=O)CSc2nc3cc(Cl)ccc3c(=O)n2Cc2ccco2)cc1Cl. The van der Waals surface area contributed by atoms with Gasteiger partial charge in [0.05, 0.1) is 40.0 Å². The first kappa shape index (κ1) is 22.0. The molecule has 7 nitrogen and oxygen atoms in total. The quantitative estimate of drug-likeness (QED) is 0.307. The van der Waals surface area contributed by atoms with Crippen LogP contribution < -0.4 is 10.9 Å². The third kappa shape index (κ3) is 4.81. The molecule has 0 bridgehead atoms. The van der Waals surface area contributed by atoms with Crippen LogP contribution in [-0.2, 0) is 11.3 Å². The van der Waals surface area contributed by atoms with E-state index >= 15 is 0 Å². The third-order valence-electron chi connectivity index (χ3n) is 4.48. The van der Waals surface area contributed by atoms with Crippen LogP contribution in [0, 0.1) is 11.3 Å². The van der Waals surface area contributed by atoms with Crippen molar-refractivity contribution in [3.05, 3.63) is 86.5 Å². The van der Waals surface area contributed by atoms with Gasteiger partial charge in [-0.15, -0.1) is 0 Å². The molecule has 0 aliphatic rings. The van der Waals surface area contributed by atoms with E-state index in [1.54, 1.807) is 36.4 Å². The predicted octanol–water partition coefficient (Wildman–Crippen LogP) is 4.95. The Morgan fingerprint density at radius 2 is 2.06 bits per heavy atom. The Bertz CT molecular complexity index is 1410. The van der Waals surface area contributed by atoms with Gasteiger partial charge in [0, 0.05) is 10.7 Å². The number of hydrogen-bond donors (Lipinski definition) is 1. The van der Waals surface area contributed by atoms with E-state index in [-0.39, 0.29) is 28.8 Å². The number of fused-ring (bicyclic) bond motifs is 1. The van der Waals surface area contributed by atoms with Gasteiger partial charge in [0.15, 0.2) is 5.16 Å². The highest BCUT2D eigenvalue weighted by atomic mass is 35.5. The number of carbonyl (C=O) groups is 1. The summed E-state index contributed by atoms with van der Waals surface area (Å²) >= 11 is 13.2. The maximum absolute atomic E-state index is 13.1. The second-order valence-corrected chi connectivity index (χ2v) is 8.46. The highest BCUT2D eigenvalue weighted by Crippen LogP contribution is 2.23. The van der Waals surface area contributed by atoms with Crippen molar-refractivity contribution in [1.29, 1.82) is 5.26 Å². The van der Waals surface area contributed by atoms with Crippen molar-refractivity contribution in [2.45, 2.75) is 11.7 Å². The molecule has 0 saturated heterocycles. The molecule has 0 aliphatic carbocycles. The van der Waals surface area contributed by atoms with Gasteiger partial charge in [0.1, 0.15) is 11.8 Å². The normalized spacial score (nSPS) is 10.8. The van der Waals surface area contributed by atoms with Crippen LogP contribution in [0.2, 0.25) is 10.0 Å². The van der Waals surface area contributed by atoms with Gasteiger partial charge in [-0.25, -0.2) is 4.98 Å². The van der Waals surface area contributed by atoms with Gasteiger partial charge in [0.25, 0.3) is 5.56 Å². The van der Waals surface area contributed by atoms with Crippen LogP contribution in [-0.4, -0.2) is 21.2 Å². The zero-order chi connectivity index (χ0) is 22.7. The number of anilines is 1. The molecule has 0 aliphatic heterocycles. The summed E-state index contributed by atoms with van der Waals surface area (Å²) in [4.78, 5) is 30.1. The first-order valence-electron chi connectivity index (χ1n) is 9.29. The lowest BCUT2D eigenvalue weighted by atomic mass is 10.2. The number of amides is 1. The highest BCUT2D eigenvalue weighted by Gasteiger charge is 2.15. The largest absolute Gasteiger partial charge is 0.467 e.